The second-order valence-electron chi connectivity index (χ2n) is 4.83. The number of aliphatic carboxylic acids is 1. The van der Waals surface area contributed by atoms with E-state index in [0.717, 1.165) is 5.75 Å². The minimum absolute atomic E-state index is 0.102. The van der Waals surface area contributed by atoms with Gasteiger partial charge in [0.1, 0.15) is 5.54 Å². The van der Waals surface area contributed by atoms with Gasteiger partial charge in [0, 0.05) is 11.7 Å². The van der Waals surface area contributed by atoms with E-state index in [1.165, 1.54) is 4.90 Å². The third-order valence-electron chi connectivity index (χ3n) is 3.95. The molecule has 16 heavy (non-hydrogen) atoms. The van der Waals surface area contributed by atoms with Crippen molar-refractivity contribution < 1.29 is 19.8 Å². The van der Waals surface area contributed by atoms with Crippen LogP contribution in [0, 0.1) is 11.8 Å². The number of hydrogen-bond acceptors (Lipinski definition) is 4. The molecule has 3 rings (SSSR count). The predicted molar refractivity (Wildman–Crippen MR) is 56.7 cm³/mol. The standard InChI is InChI=1S/C10H13NO4S/c1-4(12)6-7(13)11-8(6)16-3-5-2-10(5,11)9(14)15/h4-6,8,12H,2-3H2,1H3,(H,14,15)/t4-,5-,6+,8-,10-/m1/s1. The molecule has 1 amide bonds. The van der Waals surface area contributed by atoms with Crippen LogP contribution in [0.2, 0.25) is 0 Å². The average molecular weight is 243 g/mol. The van der Waals surface area contributed by atoms with E-state index in [1.807, 2.05) is 0 Å². The first-order valence-electron chi connectivity index (χ1n) is 5.36. The Morgan fingerprint density at radius 1 is 1.69 bits per heavy atom. The molecule has 2 heterocycles. The van der Waals surface area contributed by atoms with Gasteiger partial charge < -0.3 is 15.1 Å². The monoisotopic (exact) mass is 243 g/mol. The Bertz CT molecular complexity index is 385. The summed E-state index contributed by atoms with van der Waals surface area (Å²) in [7, 11) is 0. The molecule has 6 heteroatoms. The number of aliphatic hydroxyl groups is 1. The second kappa shape index (κ2) is 2.92. The van der Waals surface area contributed by atoms with Crippen molar-refractivity contribution in [2.24, 2.45) is 11.8 Å². The van der Waals surface area contributed by atoms with E-state index in [4.69, 9.17) is 0 Å². The molecule has 1 aliphatic carbocycles. The highest BCUT2D eigenvalue weighted by molar-refractivity contribution is 8.00. The van der Waals surface area contributed by atoms with Crippen LogP contribution >= 0.6 is 11.8 Å². The first kappa shape index (κ1) is 10.4. The van der Waals surface area contributed by atoms with Gasteiger partial charge in [0.2, 0.25) is 5.91 Å². The highest BCUT2D eigenvalue weighted by atomic mass is 32.2. The minimum Gasteiger partial charge on any atom is -0.479 e. The van der Waals surface area contributed by atoms with Gasteiger partial charge in [-0.15, -0.1) is 11.8 Å². The van der Waals surface area contributed by atoms with Crippen LogP contribution in [-0.4, -0.2) is 49.8 Å². The summed E-state index contributed by atoms with van der Waals surface area (Å²) in [4.78, 5) is 24.6. The number of β-lactam (4-membered cyclic amide) rings is 1. The van der Waals surface area contributed by atoms with Crippen molar-refractivity contribution >= 4 is 23.6 Å². The third kappa shape index (κ3) is 0.971. The van der Waals surface area contributed by atoms with Gasteiger partial charge in [0.25, 0.3) is 0 Å². The van der Waals surface area contributed by atoms with Crippen LogP contribution in [0.5, 0.6) is 0 Å². The van der Waals surface area contributed by atoms with Gasteiger partial charge in [-0.2, -0.15) is 0 Å². The van der Waals surface area contributed by atoms with E-state index in [2.05, 4.69) is 0 Å². The highest BCUT2D eigenvalue weighted by Gasteiger charge is 2.74. The summed E-state index contributed by atoms with van der Waals surface area (Å²) in [5.41, 5.74) is -0.932. The summed E-state index contributed by atoms with van der Waals surface area (Å²) in [6.07, 6.45) is -0.119. The first-order chi connectivity index (χ1) is 7.50. The molecule has 3 fully saturated rings. The first-order valence-corrected chi connectivity index (χ1v) is 6.41. The van der Waals surface area contributed by atoms with E-state index in [-0.39, 0.29) is 17.2 Å². The Hall–Kier alpha value is -0.750. The number of nitrogens with zero attached hydrogens (tertiary/aromatic N) is 1. The fraction of sp³-hybridized carbons (Fsp3) is 0.800. The molecule has 5 nitrogen and oxygen atoms in total. The molecule has 0 aromatic carbocycles. The second-order valence-corrected chi connectivity index (χ2v) is 5.98. The molecule has 0 spiro atoms. The maximum Gasteiger partial charge on any atom is 0.330 e. The lowest BCUT2D eigenvalue weighted by Crippen LogP contribution is -2.70. The smallest absolute Gasteiger partial charge is 0.330 e. The molecule has 0 aromatic heterocycles. The van der Waals surface area contributed by atoms with E-state index >= 15 is 0 Å². The van der Waals surface area contributed by atoms with E-state index in [9.17, 15) is 19.8 Å². The zero-order valence-electron chi connectivity index (χ0n) is 8.79. The van der Waals surface area contributed by atoms with Crippen LogP contribution in [0.3, 0.4) is 0 Å². The molecule has 2 aliphatic heterocycles. The Morgan fingerprint density at radius 3 is 2.94 bits per heavy atom. The van der Waals surface area contributed by atoms with Crippen LogP contribution in [0.25, 0.3) is 0 Å². The molecular weight excluding hydrogens is 230 g/mol. The zero-order valence-corrected chi connectivity index (χ0v) is 9.61. The molecule has 5 atom stereocenters. The summed E-state index contributed by atoms with van der Waals surface area (Å²) in [6, 6.07) is 0. The molecule has 2 N–H and O–H groups in total. The summed E-state index contributed by atoms with van der Waals surface area (Å²) < 4.78 is 0. The summed E-state index contributed by atoms with van der Waals surface area (Å²) in [5.74, 6) is -0.616. The maximum atomic E-state index is 11.9. The molecule has 88 valence electrons. The topological polar surface area (TPSA) is 77.8 Å². The van der Waals surface area contributed by atoms with Crippen molar-refractivity contribution in [2.45, 2.75) is 30.4 Å². The summed E-state index contributed by atoms with van der Waals surface area (Å²) in [5, 5.41) is 18.6. The minimum atomic E-state index is -0.932. The fourth-order valence-electron chi connectivity index (χ4n) is 2.92. The van der Waals surface area contributed by atoms with Crippen molar-refractivity contribution in [1.29, 1.82) is 0 Å². The number of aliphatic hydroxyl groups excluding tert-OH is 1. The van der Waals surface area contributed by atoms with E-state index in [1.54, 1.807) is 18.7 Å². The van der Waals surface area contributed by atoms with Gasteiger partial charge >= 0.3 is 5.97 Å². The van der Waals surface area contributed by atoms with Crippen LogP contribution < -0.4 is 0 Å². The number of carbonyl (C=O) groups is 2. The number of carboxylic acids is 1. The quantitative estimate of drug-likeness (QED) is 0.653. The van der Waals surface area contributed by atoms with Crippen LogP contribution in [0.4, 0.5) is 0 Å². The van der Waals surface area contributed by atoms with Gasteiger partial charge in [0.05, 0.1) is 17.4 Å². The number of carboxylic acid groups (broad SMARTS) is 1. The van der Waals surface area contributed by atoms with Crippen molar-refractivity contribution in [2.75, 3.05) is 5.75 Å². The normalized spacial score (nSPS) is 46.5. The van der Waals surface area contributed by atoms with E-state index in [0.29, 0.717) is 6.42 Å². The van der Waals surface area contributed by atoms with Crippen molar-refractivity contribution in [1.82, 2.24) is 4.90 Å². The lowest BCUT2D eigenvalue weighted by molar-refractivity contribution is -0.173. The van der Waals surface area contributed by atoms with Gasteiger partial charge in [0.15, 0.2) is 0 Å². The van der Waals surface area contributed by atoms with Gasteiger partial charge in [-0.05, 0) is 13.3 Å². The van der Waals surface area contributed by atoms with Gasteiger partial charge in [-0.3, -0.25) is 4.79 Å². The third-order valence-corrected chi connectivity index (χ3v) is 5.39. The molecule has 0 bridgehead atoms. The molecule has 0 aromatic rings. The predicted octanol–water partition coefficient (Wildman–Crippen LogP) is -0.258. The number of thioether (sulfide) groups is 1. The van der Waals surface area contributed by atoms with Crippen molar-refractivity contribution in [3.05, 3.63) is 0 Å². The van der Waals surface area contributed by atoms with Gasteiger partial charge in [-0.1, -0.05) is 0 Å². The largest absolute Gasteiger partial charge is 0.479 e. The number of hydrogen-bond donors (Lipinski definition) is 2. The lowest BCUT2D eigenvalue weighted by Gasteiger charge is -2.53. The van der Waals surface area contributed by atoms with Crippen LogP contribution in [-0.2, 0) is 9.59 Å². The zero-order chi connectivity index (χ0) is 11.7. The lowest BCUT2D eigenvalue weighted by atomic mass is 9.89. The molecule has 2 saturated heterocycles. The molecule has 3 aliphatic rings. The Balaban J connectivity index is 1.90. The molecule has 0 radical (unpaired) electrons. The van der Waals surface area contributed by atoms with Crippen LogP contribution in [0.15, 0.2) is 0 Å². The number of amides is 1. The molecule has 0 unspecified atom stereocenters. The summed E-state index contributed by atoms with van der Waals surface area (Å²) in [6.45, 7) is 1.59. The maximum absolute atomic E-state index is 11.9. The van der Waals surface area contributed by atoms with E-state index < -0.39 is 23.5 Å². The number of rotatable bonds is 2. The Kier molecular flexibility index (Phi) is 1.90. The number of fused-ring (bicyclic) bond motifs is 3. The Labute approximate surface area is 96.8 Å². The fourth-order valence-corrected chi connectivity index (χ4v) is 4.74. The van der Waals surface area contributed by atoms with Gasteiger partial charge in [-0.25, -0.2) is 4.79 Å². The average Bonchev–Trinajstić information content (AvgIpc) is 2.89. The summed E-state index contributed by atoms with van der Waals surface area (Å²) >= 11 is 1.60. The molecule has 1 saturated carbocycles. The highest BCUT2D eigenvalue weighted by Crippen LogP contribution is 2.61. The number of carbonyl (C=O) groups excluding carboxylic acids is 1. The Morgan fingerprint density at radius 2 is 2.38 bits per heavy atom. The van der Waals surface area contributed by atoms with Crippen molar-refractivity contribution in [3.63, 3.8) is 0 Å². The van der Waals surface area contributed by atoms with Crippen LogP contribution in [0.1, 0.15) is 13.3 Å². The van der Waals surface area contributed by atoms with Crippen molar-refractivity contribution in [3.8, 4) is 0 Å². The SMILES string of the molecule is C[C@@H](O)[C@H]1C(=O)N2[C@@H]1SC[C@H]1C[C@]12C(=O)O. The molecular formula is C10H13NO4S.